The van der Waals surface area contributed by atoms with Crippen LogP contribution < -0.4 is 0 Å². The zero-order valence-corrected chi connectivity index (χ0v) is 7.14. The maximum absolute atomic E-state index is 11.4. The minimum absolute atomic E-state index is 0.124. The highest BCUT2D eigenvalue weighted by atomic mass is 16.4. The number of carbonyl (C=O) groups excluding carboxylic acids is 1. The maximum atomic E-state index is 11.4. The first-order chi connectivity index (χ1) is 6.20. The molecular weight excluding hydrogens is 170 g/mol. The minimum atomic E-state index is -0.883. The van der Waals surface area contributed by atoms with E-state index in [-0.39, 0.29) is 11.9 Å². The van der Waals surface area contributed by atoms with Crippen LogP contribution in [0.3, 0.4) is 0 Å². The lowest BCUT2D eigenvalue weighted by molar-refractivity contribution is -0.148. The third-order valence-corrected chi connectivity index (χ3v) is 2.71. The SMILES string of the molecule is O=C(O)[C@@H]1CCC2CC=CC(=O)N21. The number of fused-ring (bicyclic) bond motifs is 1. The van der Waals surface area contributed by atoms with Gasteiger partial charge >= 0.3 is 5.97 Å². The maximum Gasteiger partial charge on any atom is 0.326 e. The van der Waals surface area contributed by atoms with Gasteiger partial charge in [0, 0.05) is 6.04 Å². The minimum Gasteiger partial charge on any atom is -0.480 e. The summed E-state index contributed by atoms with van der Waals surface area (Å²) in [5.41, 5.74) is 0. The van der Waals surface area contributed by atoms with Gasteiger partial charge in [-0.15, -0.1) is 0 Å². The van der Waals surface area contributed by atoms with Crippen LogP contribution >= 0.6 is 0 Å². The molecule has 4 nitrogen and oxygen atoms in total. The third-order valence-electron chi connectivity index (χ3n) is 2.71. The number of hydrogen-bond acceptors (Lipinski definition) is 2. The monoisotopic (exact) mass is 181 g/mol. The number of carboxylic acids is 1. The molecule has 2 atom stereocenters. The molecule has 4 heteroatoms. The van der Waals surface area contributed by atoms with Crippen molar-refractivity contribution in [3.63, 3.8) is 0 Å². The zero-order chi connectivity index (χ0) is 9.42. The van der Waals surface area contributed by atoms with Gasteiger partial charge < -0.3 is 10.0 Å². The van der Waals surface area contributed by atoms with E-state index in [9.17, 15) is 9.59 Å². The van der Waals surface area contributed by atoms with E-state index in [2.05, 4.69) is 0 Å². The smallest absolute Gasteiger partial charge is 0.326 e. The molecule has 2 aliphatic rings. The summed E-state index contributed by atoms with van der Waals surface area (Å²) < 4.78 is 0. The lowest BCUT2D eigenvalue weighted by Gasteiger charge is -2.29. The first-order valence-electron chi connectivity index (χ1n) is 4.42. The van der Waals surface area contributed by atoms with E-state index in [4.69, 9.17) is 5.11 Å². The lowest BCUT2D eigenvalue weighted by atomic mass is 10.1. The van der Waals surface area contributed by atoms with Crippen molar-refractivity contribution in [1.82, 2.24) is 4.90 Å². The third kappa shape index (κ3) is 1.22. The number of amides is 1. The van der Waals surface area contributed by atoms with Crippen LogP contribution in [-0.2, 0) is 9.59 Å². The molecule has 2 aliphatic heterocycles. The van der Waals surface area contributed by atoms with Gasteiger partial charge in [-0.1, -0.05) is 6.08 Å². The van der Waals surface area contributed by atoms with Crippen molar-refractivity contribution < 1.29 is 14.7 Å². The van der Waals surface area contributed by atoms with Crippen LogP contribution in [0.25, 0.3) is 0 Å². The molecule has 0 aromatic carbocycles. The molecule has 1 unspecified atom stereocenters. The predicted octanol–water partition coefficient (Wildman–Crippen LogP) is 0.391. The summed E-state index contributed by atoms with van der Waals surface area (Å²) >= 11 is 0. The topological polar surface area (TPSA) is 57.6 Å². The first-order valence-corrected chi connectivity index (χ1v) is 4.42. The highest BCUT2D eigenvalue weighted by Gasteiger charge is 2.40. The van der Waals surface area contributed by atoms with E-state index >= 15 is 0 Å². The van der Waals surface area contributed by atoms with E-state index in [1.54, 1.807) is 0 Å². The summed E-state index contributed by atoms with van der Waals surface area (Å²) in [7, 11) is 0. The van der Waals surface area contributed by atoms with Crippen molar-refractivity contribution in [2.45, 2.75) is 31.3 Å². The summed E-state index contributed by atoms with van der Waals surface area (Å²) in [6, 6.07) is -0.471. The Morgan fingerprint density at radius 2 is 2.31 bits per heavy atom. The molecule has 13 heavy (non-hydrogen) atoms. The Balaban J connectivity index is 2.24. The molecule has 0 spiro atoms. The number of carboxylic acid groups (broad SMARTS) is 1. The normalized spacial score (nSPS) is 32.0. The van der Waals surface area contributed by atoms with E-state index in [0.717, 1.165) is 12.8 Å². The van der Waals surface area contributed by atoms with Gasteiger partial charge in [-0.3, -0.25) is 4.79 Å². The number of hydrogen-bond donors (Lipinski definition) is 1. The highest BCUT2D eigenvalue weighted by molar-refractivity contribution is 5.92. The van der Waals surface area contributed by atoms with Crippen LogP contribution in [0.1, 0.15) is 19.3 Å². The highest BCUT2D eigenvalue weighted by Crippen LogP contribution is 2.29. The largest absolute Gasteiger partial charge is 0.480 e. The van der Waals surface area contributed by atoms with Crippen LogP contribution in [-0.4, -0.2) is 34.0 Å². The Morgan fingerprint density at radius 3 is 3.00 bits per heavy atom. The molecule has 2 rings (SSSR count). The van der Waals surface area contributed by atoms with Gasteiger partial charge in [-0.2, -0.15) is 0 Å². The van der Waals surface area contributed by atoms with Gasteiger partial charge in [0.15, 0.2) is 0 Å². The Kier molecular flexibility index (Phi) is 1.83. The molecular formula is C9H11NO3. The van der Waals surface area contributed by atoms with E-state index < -0.39 is 12.0 Å². The van der Waals surface area contributed by atoms with Crippen molar-refractivity contribution >= 4 is 11.9 Å². The molecule has 0 bridgehead atoms. The summed E-state index contributed by atoms with van der Waals surface area (Å²) in [6.45, 7) is 0. The Bertz CT molecular complexity index is 285. The van der Waals surface area contributed by atoms with E-state index in [1.807, 2.05) is 6.08 Å². The Labute approximate surface area is 75.8 Å². The average Bonchev–Trinajstić information content (AvgIpc) is 2.49. The summed E-state index contributed by atoms with van der Waals surface area (Å²) in [6.07, 6.45) is 5.50. The average molecular weight is 181 g/mol. The van der Waals surface area contributed by atoms with Crippen molar-refractivity contribution in [3.8, 4) is 0 Å². The van der Waals surface area contributed by atoms with Gasteiger partial charge in [0.25, 0.3) is 0 Å². The number of aliphatic carboxylic acids is 1. The first kappa shape index (κ1) is 8.29. The van der Waals surface area contributed by atoms with Crippen molar-refractivity contribution in [2.24, 2.45) is 0 Å². The molecule has 1 fully saturated rings. The molecule has 0 saturated carbocycles. The fourth-order valence-electron chi connectivity index (χ4n) is 2.10. The van der Waals surface area contributed by atoms with Crippen LogP contribution in [0.5, 0.6) is 0 Å². The molecule has 1 N–H and O–H groups in total. The van der Waals surface area contributed by atoms with Gasteiger partial charge in [0.05, 0.1) is 0 Å². The lowest BCUT2D eigenvalue weighted by Crippen LogP contribution is -2.45. The quantitative estimate of drug-likeness (QED) is 0.636. The number of rotatable bonds is 1. The van der Waals surface area contributed by atoms with Crippen LogP contribution in [0.15, 0.2) is 12.2 Å². The molecule has 70 valence electrons. The number of nitrogens with zero attached hydrogens (tertiary/aromatic N) is 1. The Hall–Kier alpha value is -1.32. The fraction of sp³-hybridized carbons (Fsp3) is 0.556. The van der Waals surface area contributed by atoms with Crippen molar-refractivity contribution in [3.05, 3.63) is 12.2 Å². The van der Waals surface area contributed by atoms with Crippen molar-refractivity contribution in [1.29, 1.82) is 0 Å². The van der Waals surface area contributed by atoms with Gasteiger partial charge in [0.2, 0.25) is 5.91 Å². The second-order valence-corrected chi connectivity index (χ2v) is 3.47. The molecule has 0 radical (unpaired) electrons. The Morgan fingerprint density at radius 1 is 1.54 bits per heavy atom. The second-order valence-electron chi connectivity index (χ2n) is 3.47. The van der Waals surface area contributed by atoms with Crippen LogP contribution in [0, 0.1) is 0 Å². The molecule has 1 saturated heterocycles. The van der Waals surface area contributed by atoms with E-state index in [1.165, 1.54) is 11.0 Å². The molecule has 0 aromatic heterocycles. The van der Waals surface area contributed by atoms with Crippen molar-refractivity contribution in [2.75, 3.05) is 0 Å². The van der Waals surface area contributed by atoms with Gasteiger partial charge in [0.1, 0.15) is 6.04 Å². The molecule has 1 amide bonds. The van der Waals surface area contributed by atoms with Crippen LogP contribution in [0.2, 0.25) is 0 Å². The predicted molar refractivity (Wildman–Crippen MR) is 45.0 cm³/mol. The molecule has 0 aliphatic carbocycles. The van der Waals surface area contributed by atoms with Gasteiger partial charge in [-0.05, 0) is 25.3 Å². The standard InChI is InChI=1S/C9H11NO3/c11-8-3-1-2-6-4-5-7(9(12)13)10(6)8/h1,3,6-7H,2,4-5H2,(H,12,13)/t6?,7-/m0/s1. The summed E-state index contributed by atoms with van der Waals surface area (Å²) in [5, 5.41) is 8.85. The van der Waals surface area contributed by atoms with E-state index in [0.29, 0.717) is 6.42 Å². The second kappa shape index (κ2) is 2.87. The van der Waals surface area contributed by atoms with Crippen LogP contribution in [0.4, 0.5) is 0 Å². The van der Waals surface area contributed by atoms with Gasteiger partial charge in [-0.25, -0.2) is 4.79 Å². The summed E-state index contributed by atoms with van der Waals surface area (Å²) in [5.74, 6) is -1.03. The summed E-state index contributed by atoms with van der Waals surface area (Å²) in [4.78, 5) is 23.7. The fourth-order valence-corrected chi connectivity index (χ4v) is 2.10. The zero-order valence-electron chi connectivity index (χ0n) is 7.14. The number of carbonyl (C=O) groups is 2. The molecule has 2 heterocycles. The molecule has 0 aromatic rings.